The van der Waals surface area contributed by atoms with E-state index < -0.39 is 23.2 Å². The number of hydrogen-bond acceptors (Lipinski definition) is 2. The number of carbonyl (C=O) groups excluding carboxylic acids is 1. The maximum atomic E-state index is 13.7. The molecule has 6 heteroatoms. The number of hydrogen-bond donors (Lipinski definition) is 0. The predicted molar refractivity (Wildman–Crippen MR) is 103 cm³/mol. The molecule has 1 aromatic heterocycles. The van der Waals surface area contributed by atoms with E-state index in [0.717, 1.165) is 17.3 Å². The van der Waals surface area contributed by atoms with Crippen LogP contribution in [0.1, 0.15) is 27.2 Å². The number of carbonyl (C=O) groups is 1. The largest absolute Gasteiger partial charge is 0.417 e. The molecule has 0 unspecified atom stereocenters. The van der Waals surface area contributed by atoms with E-state index >= 15 is 0 Å². The fraction of sp³-hybridized carbons (Fsp3) is 0.182. The van der Waals surface area contributed by atoms with Gasteiger partial charge in [-0.1, -0.05) is 48.5 Å². The van der Waals surface area contributed by atoms with Crippen LogP contribution in [0.15, 0.2) is 60.8 Å². The maximum absolute atomic E-state index is 13.7. The second-order valence-electron chi connectivity index (χ2n) is 6.52. The van der Waals surface area contributed by atoms with Gasteiger partial charge in [-0.2, -0.15) is 13.2 Å². The first-order valence-corrected chi connectivity index (χ1v) is 8.67. The fourth-order valence-corrected chi connectivity index (χ4v) is 3.23. The Morgan fingerprint density at radius 3 is 2.21 bits per heavy atom. The normalized spacial score (nSPS) is 11.4. The van der Waals surface area contributed by atoms with E-state index in [1.54, 1.807) is 12.1 Å². The highest BCUT2D eigenvalue weighted by Gasteiger charge is 2.39. The number of aromatic nitrogens is 1. The first-order chi connectivity index (χ1) is 13.2. The Morgan fingerprint density at radius 2 is 1.57 bits per heavy atom. The molecule has 0 radical (unpaired) electrons. The molecule has 0 N–H and O–H groups in total. The van der Waals surface area contributed by atoms with Gasteiger partial charge >= 0.3 is 6.18 Å². The van der Waals surface area contributed by atoms with Crippen LogP contribution in [-0.2, 0) is 6.18 Å². The Bertz CT molecular complexity index is 1010. The summed E-state index contributed by atoms with van der Waals surface area (Å²) in [4.78, 5) is 18.4. The zero-order valence-corrected chi connectivity index (χ0v) is 15.7. The second-order valence-corrected chi connectivity index (χ2v) is 6.52. The van der Waals surface area contributed by atoms with Crippen LogP contribution in [0.2, 0.25) is 0 Å². The molecule has 1 heterocycles. The lowest BCUT2D eigenvalue weighted by atomic mass is 9.99. The Morgan fingerprint density at radius 1 is 0.964 bits per heavy atom. The molecule has 0 bridgehead atoms. The number of amides is 1. The smallest absolute Gasteiger partial charge is 0.311 e. The number of para-hydroxylation sites is 1. The van der Waals surface area contributed by atoms with E-state index in [9.17, 15) is 18.0 Å². The van der Waals surface area contributed by atoms with Crippen molar-refractivity contribution in [3.05, 3.63) is 83.2 Å². The lowest BCUT2D eigenvalue weighted by molar-refractivity contribution is -0.138. The third kappa shape index (κ3) is 3.63. The van der Waals surface area contributed by atoms with Crippen LogP contribution in [0.25, 0.3) is 11.1 Å². The highest BCUT2D eigenvalue weighted by molar-refractivity contribution is 6.09. The number of alkyl halides is 3. The topological polar surface area (TPSA) is 33.2 Å². The standard InChI is InChI=1S/C22H19F3N2O/c1-14-13-26-15(2)19(20(14)22(23,24)25)21(28)27(3)18-12-8-7-11-17(18)16-9-5-4-6-10-16/h4-13H,1-3H3. The number of nitrogens with zero attached hydrogens (tertiary/aromatic N) is 2. The first-order valence-electron chi connectivity index (χ1n) is 8.67. The van der Waals surface area contributed by atoms with Crippen LogP contribution in [0.3, 0.4) is 0 Å². The fourth-order valence-electron chi connectivity index (χ4n) is 3.23. The van der Waals surface area contributed by atoms with Gasteiger partial charge in [-0.05, 0) is 31.0 Å². The quantitative estimate of drug-likeness (QED) is 0.584. The summed E-state index contributed by atoms with van der Waals surface area (Å²) in [5.74, 6) is -0.746. The van der Waals surface area contributed by atoms with Crippen molar-refractivity contribution in [1.82, 2.24) is 4.98 Å². The van der Waals surface area contributed by atoms with Gasteiger partial charge in [0.25, 0.3) is 5.91 Å². The van der Waals surface area contributed by atoms with Crippen molar-refractivity contribution < 1.29 is 18.0 Å². The molecule has 0 saturated carbocycles. The van der Waals surface area contributed by atoms with Crippen LogP contribution in [0.4, 0.5) is 18.9 Å². The van der Waals surface area contributed by atoms with E-state index in [4.69, 9.17) is 0 Å². The van der Waals surface area contributed by atoms with Gasteiger partial charge in [0.15, 0.2) is 0 Å². The summed E-state index contributed by atoms with van der Waals surface area (Å²) < 4.78 is 41.0. The minimum absolute atomic E-state index is 0.0481. The van der Waals surface area contributed by atoms with Crippen LogP contribution in [0.5, 0.6) is 0 Å². The van der Waals surface area contributed by atoms with E-state index in [1.165, 1.54) is 25.8 Å². The molecule has 0 spiro atoms. The first kappa shape index (κ1) is 19.6. The summed E-state index contributed by atoms with van der Waals surface area (Å²) >= 11 is 0. The third-order valence-electron chi connectivity index (χ3n) is 4.61. The van der Waals surface area contributed by atoms with Crippen LogP contribution >= 0.6 is 0 Å². The average molecular weight is 384 g/mol. The summed E-state index contributed by atoms with van der Waals surface area (Å²) in [5, 5.41) is 0. The molecule has 3 aromatic rings. The number of aryl methyl sites for hydroxylation is 2. The van der Waals surface area contributed by atoms with Gasteiger partial charge in [-0.15, -0.1) is 0 Å². The van der Waals surface area contributed by atoms with Gasteiger partial charge in [0.05, 0.1) is 22.5 Å². The zero-order chi connectivity index (χ0) is 20.5. The molecule has 144 valence electrons. The molecule has 2 aromatic carbocycles. The second kappa shape index (κ2) is 7.46. The Hall–Kier alpha value is -3.15. The molecule has 28 heavy (non-hydrogen) atoms. The van der Waals surface area contributed by atoms with Crippen molar-refractivity contribution >= 4 is 11.6 Å². The van der Waals surface area contributed by atoms with Gasteiger partial charge in [0, 0.05) is 18.8 Å². The summed E-state index contributed by atoms with van der Waals surface area (Å²) in [6.45, 7) is 2.73. The highest BCUT2D eigenvalue weighted by Crippen LogP contribution is 2.37. The molecule has 0 aliphatic heterocycles. The number of rotatable bonds is 3. The summed E-state index contributed by atoms with van der Waals surface area (Å²) in [5.41, 5.74) is 0.761. The van der Waals surface area contributed by atoms with Gasteiger partial charge in [-0.3, -0.25) is 9.78 Å². The van der Waals surface area contributed by atoms with Crippen molar-refractivity contribution in [2.45, 2.75) is 20.0 Å². The average Bonchev–Trinajstić information content (AvgIpc) is 2.68. The summed E-state index contributed by atoms with van der Waals surface area (Å²) in [6.07, 6.45) is -3.50. The molecule has 0 saturated heterocycles. The SMILES string of the molecule is Cc1cnc(C)c(C(=O)N(C)c2ccccc2-c2ccccc2)c1C(F)(F)F. The van der Waals surface area contributed by atoms with Gasteiger partial charge in [-0.25, -0.2) is 0 Å². The Labute approximate surface area is 161 Å². The Balaban J connectivity index is 2.13. The maximum Gasteiger partial charge on any atom is 0.417 e. The predicted octanol–water partition coefficient (Wildman–Crippen LogP) is 5.66. The molecule has 1 amide bonds. The molecular weight excluding hydrogens is 365 g/mol. The van der Waals surface area contributed by atoms with E-state index in [1.807, 2.05) is 42.5 Å². The molecule has 3 nitrogen and oxygen atoms in total. The highest BCUT2D eigenvalue weighted by atomic mass is 19.4. The lowest BCUT2D eigenvalue weighted by Gasteiger charge is -2.24. The van der Waals surface area contributed by atoms with Crippen molar-refractivity contribution in [3.8, 4) is 11.1 Å². The van der Waals surface area contributed by atoms with Crippen molar-refractivity contribution in [3.63, 3.8) is 0 Å². The number of halogens is 3. The molecule has 3 rings (SSSR count). The Kier molecular flexibility index (Phi) is 5.23. The minimum atomic E-state index is -4.65. The van der Waals surface area contributed by atoms with Gasteiger partial charge in [0.2, 0.25) is 0 Å². The lowest BCUT2D eigenvalue weighted by Crippen LogP contribution is -2.30. The van der Waals surface area contributed by atoms with Crippen LogP contribution in [-0.4, -0.2) is 17.9 Å². The monoisotopic (exact) mass is 384 g/mol. The molecule has 0 atom stereocenters. The molecule has 0 aliphatic rings. The van der Waals surface area contributed by atoms with Crippen molar-refractivity contribution in [2.24, 2.45) is 0 Å². The van der Waals surface area contributed by atoms with Gasteiger partial charge in [0.1, 0.15) is 0 Å². The number of benzene rings is 2. The van der Waals surface area contributed by atoms with E-state index in [2.05, 4.69) is 4.98 Å². The van der Waals surface area contributed by atoms with Crippen LogP contribution in [0, 0.1) is 13.8 Å². The third-order valence-corrected chi connectivity index (χ3v) is 4.61. The minimum Gasteiger partial charge on any atom is -0.311 e. The van der Waals surface area contributed by atoms with Crippen LogP contribution < -0.4 is 4.90 Å². The van der Waals surface area contributed by atoms with E-state index in [0.29, 0.717) is 5.69 Å². The van der Waals surface area contributed by atoms with Crippen molar-refractivity contribution in [1.29, 1.82) is 0 Å². The van der Waals surface area contributed by atoms with Crippen molar-refractivity contribution in [2.75, 3.05) is 11.9 Å². The molecular formula is C22H19F3N2O. The molecule has 0 aliphatic carbocycles. The summed E-state index contributed by atoms with van der Waals surface area (Å²) in [6, 6.07) is 16.5. The number of anilines is 1. The van der Waals surface area contributed by atoms with Gasteiger partial charge < -0.3 is 4.90 Å². The number of pyridine rings is 1. The summed E-state index contributed by atoms with van der Waals surface area (Å²) in [7, 11) is 1.48. The molecule has 0 fully saturated rings. The van der Waals surface area contributed by atoms with E-state index in [-0.39, 0.29) is 11.3 Å². The zero-order valence-electron chi connectivity index (χ0n) is 15.7.